The number of aromatic nitrogens is 3. The van der Waals surface area contributed by atoms with Crippen molar-refractivity contribution in [2.75, 3.05) is 13.1 Å². The van der Waals surface area contributed by atoms with Crippen LogP contribution in [0.1, 0.15) is 66.4 Å². The van der Waals surface area contributed by atoms with E-state index >= 15 is 0 Å². The predicted molar refractivity (Wildman–Crippen MR) is 93.7 cm³/mol. The van der Waals surface area contributed by atoms with Crippen LogP contribution < -0.4 is 0 Å². The maximum Gasteiger partial charge on any atom is 0.259 e. The van der Waals surface area contributed by atoms with Crippen LogP contribution in [0.25, 0.3) is 5.65 Å². The van der Waals surface area contributed by atoms with Gasteiger partial charge in [-0.3, -0.25) is 9.59 Å². The minimum absolute atomic E-state index is 0.00394. The third kappa shape index (κ3) is 2.73. The molecule has 6 nitrogen and oxygen atoms in total. The lowest BCUT2D eigenvalue weighted by Crippen LogP contribution is -2.38. The number of amides is 1. The molecule has 132 valence electrons. The summed E-state index contributed by atoms with van der Waals surface area (Å²) in [4.78, 5) is 31.6. The van der Waals surface area contributed by atoms with Crippen molar-refractivity contribution in [3.05, 3.63) is 29.2 Å². The molecule has 1 aliphatic heterocycles. The van der Waals surface area contributed by atoms with Crippen LogP contribution in [0.5, 0.6) is 0 Å². The second-order valence-electron chi connectivity index (χ2n) is 8.33. The van der Waals surface area contributed by atoms with E-state index in [4.69, 9.17) is 0 Å². The Morgan fingerprint density at radius 1 is 1.20 bits per heavy atom. The summed E-state index contributed by atoms with van der Waals surface area (Å²) in [6.45, 7) is 7.97. The number of rotatable bonds is 1. The van der Waals surface area contributed by atoms with Gasteiger partial charge in [0.2, 0.25) is 0 Å². The Kier molecular flexibility index (Phi) is 3.67. The van der Waals surface area contributed by atoms with E-state index in [0.29, 0.717) is 29.1 Å². The molecule has 3 heterocycles. The van der Waals surface area contributed by atoms with Crippen LogP contribution >= 0.6 is 0 Å². The van der Waals surface area contributed by atoms with E-state index in [2.05, 4.69) is 30.9 Å². The van der Waals surface area contributed by atoms with Gasteiger partial charge in [-0.15, -0.1) is 0 Å². The molecule has 0 unspecified atom stereocenters. The standard InChI is InChI=1S/C19H24N4O2/c1-12-4-6-22(7-5-12)18(25)14-11-21-23-15-8-19(2,3)9-16(24)13(15)10-20-17(14)23/h10-12H,4-9H2,1-3H3. The van der Waals surface area contributed by atoms with E-state index in [1.807, 2.05) is 4.90 Å². The van der Waals surface area contributed by atoms with Gasteiger partial charge in [-0.05, 0) is 30.6 Å². The second kappa shape index (κ2) is 5.64. The number of piperidine rings is 1. The lowest BCUT2D eigenvalue weighted by Gasteiger charge is -2.30. The lowest BCUT2D eigenvalue weighted by molar-refractivity contribution is 0.0699. The first-order valence-electron chi connectivity index (χ1n) is 9.04. The van der Waals surface area contributed by atoms with Gasteiger partial charge >= 0.3 is 0 Å². The molecular formula is C19H24N4O2. The molecule has 1 aliphatic carbocycles. The minimum Gasteiger partial charge on any atom is -0.338 e. The normalized spacial score (nSPS) is 20.8. The summed E-state index contributed by atoms with van der Waals surface area (Å²) in [5.41, 5.74) is 2.51. The van der Waals surface area contributed by atoms with E-state index in [1.54, 1.807) is 16.9 Å². The molecule has 2 aliphatic rings. The zero-order valence-corrected chi connectivity index (χ0v) is 15.1. The molecule has 0 saturated carbocycles. The summed E-state index contributed by atoms with van der Waals surface area (Å²) in [5, 5.41) is 4.42. The van der Waals surface area contributed by atoms with E-state index in [9.17, 15) is 9.59 Å². The Morgan fingerprint density at radius 3 is 2.64 bits per heavy atom. The summed E-state index contributed by atoms with van der Waals surface area (Å²) >= 11 is 0. The number of hydrogen-bond donors (Lipinski definition) is 0. The van der Waals surface area contributed by atoms with E-state index in [1.165, 1.54) is 0 Å². The number of carbonyl (C=O) groups is 2. The molecule has 4 rings (SSSR count). The molecule has 25 heavy (non-hydrogen) atoms. The highest BCUT2D eigenvalue weighted by atomic mass is 16.2. The fraction of sp³-hybridized carbons (Fsp3) is 0.579. The Bertz CT molecular complexity index is 860. The fourth-order valence-corrected chi connectivity index (χ4v) is 3.96. The monoisotopic (exact) mass is 340 g/mol. The predicted octanol–water partition coefficient (Wildman–Crippen LogP) is 2.76. The van der Waals surface area contributed by atoms with Crippen molar-refractivity contribution in [1.29, 1.82) is 0 Å². The van der Waals surface area contributed by atoms with Gasteiger partial charge in [0.25, 0.3) is 5.91 Å². The Morgan fingerprint density at radius 2 is 1.92 bits per heavy atom. The quantitative estimate of drug-likeness (QED) is 0.800. The lowest BCUT2D eigenvalue weighted by atomic mass is 9.76. The van der Waals surface area contributed by atoms with Crippen molar-refractivity contribution in [2.24, 2.45) is 11.3 Å². The van der Waals surface area contributed by atoms with E-state index in [-0.39, 0.29) is 17.1 Å². The SMILES string of the molecule is CC1CCN(C(=O)c2cnn3c4c(cnc23)C(=O)CC(C)(C)C4)CC1. The van der Waals surface area contributed by atoms with Crippen molar-refractivity contribution in [2.45, 2.75) is 46.5 Å². The third-order valence-corrected chi connectivity index (χ3v) is 5.51. The van der Waals surface area contributed by atoms with Gasteiger partial charge in [-0.2, -0.15) is 5.10 Å². The summed E-state index contributed by atoms with van der Waals surface area (Å²) in [7, 11) is 0. The minimum atomic E-state index is -0.0997. The molecule has 0 aromatic carbocycles. The first-order valence-corrected chi connectivity index (χ1v) is 9.04. The van der Waals surface area contributed by atoms with E-state index < -0.39 is 0 Å². The Hall–Kier alpha value is -2.24. The van der Waals surface area contributed by atoms with Crippen LogP contribution in [0, 0.1) is 11.3 Å². The average molecular weight is 340 g/mol. The molecule has 1 amide bonds. The highest BCUT2D eigenvalue weighted by Gasteiger charge is 2.34. The van der Waals surface area contributed by atoms with Crippen LogP contribution in [0.2, 0.25) is 0 Å². The maximum atomic E-state index is 12.9. The molecule has 2 aromatic rings. The van der Waals surface area contributed by atoms with Crippen molar-refractivity contribution in [3.63, 3.8) is 0 Å². The van der Waals surface area contributed by atoms with Crippen LogP contribution in [0.3, 0.4) is 0 Å². The van der Waals surface area contributed by atoms with Gasteiger partial charge in [0, 0.05) is 25.7 Å². The molecule has 0 spiro atoms. The van der Waals surface area contributed by atoms with Gasteiger partial charge < -0.3 is 4.90 Å². The van der Waals surface area contributed by atoms with Gasteiger partial charge in [-0.1, -0.05) is 20.8 Å². The van der Waals surface area contributed by atoms with Gasteiger partial charge in [-0.25, -0.2) is 9.50 Å². The van der Waals surface area contributed by atoms with Crippen LogP contribution in [-0.2, 0) is 6.42 Å². The summed E-state index contributed by atoms with van der Waals surface area (Å²) < 4.78 is 1.70. The van der Waals surface area contributed by atoms with Crippen molar-refractivity contribution in [3.8, 4) is 0 Å². The number of ketones is 1. The Labute approximate surface area is 147 Å². The third-order valence-electron chi connectivity index (χ3n) is 5.51. The molecule has 1 saturated heterocycles. The molecule has 0 N–H and O–H groups in total. The van der Waals surface area contributed by atoms with Gasteiger partial charge in [0.15, 0.2) is 11.4 Å². The van der Waals surface area contributed by atoms with Crippen LogP contribution in [0.15, 0.2) is 12.4 Å². The van der Waals surface area contributed by atoms with E-state index in [0.717, 1.165) is 38.0 Å². The molecule has 6 heteroatoms. The molecule has 0 atom stereocenters. The molecule has 0 bridgehead atoms. The number of carbonyl (C=O) groups excluding carboxylic acids is 2. The van der Waals surface area contributed by atoms with Gasteiger partial charge in [0.1, 0.15) is 5.56 Å². The highest BCUT2D eigenvalue weighted by molar-refractivity contribution is 6.01. The second-order valence-corrected chi connectivity index (χ2v) is 8.33. The van der Waals surface area contributed by atoms with Crippen LogP contribution in [0.4, 0.5) is 0 Å². The number of hydrogen-bond acceptors (Lipinski definition) is 4. The number of Topliss-reactive ketones (excluding diaryl/α,β-unsaturated/α-hetero) is 1. The molecule has 0 radical (unpaired) electrons. The highest BCUT2D eigenvalue weighted by Crippen LogP contribution is 2.34. The zero-order chi connectivity index (χ0) is 17.8. The molecule has 1 fully saturated rings. The van der Waals surface area contributed by atoms with Crippen molar-refractivity contribution < 1.29 is 9.59 Å². The van der Waals surface area contributed by atoms with Crippen molar-refractivity contribution >= 4 is 17.3 Å². The maximum absolute atomic E-state index is 12.9. The first-order chi connectivity index (χ1) is 11.9. The summed E-state index contributed by atoms with van der Waals surface area (Å²) in [6, 6.07) is 0. The topological polar surface area (TPSA) is 67.6 Å². The Balaban J connectivity index is 1.74. The zero-order valence-electron chi connectivity index (χ0n) is 15.1. The number of nitrogens with zero attached hydrogens (tertiary/aromatic N) is 4. The summed E-state index contributed by atoms with van der Waals surface area (Å²) in [6.07, 6.45) is 6.58. The largest absolute Gasteiger partial charge is 0.338 e. The molecular weight excluding hydrogens is 316 g/mol. The van der Waals surface area contributed by atoms with Crippen molar-refractivity contribution in [1.82, 2.24) is 19.5 Å². The number of likely N-dealkylation sites (tertiary alicyclic amines) is 1. The molecule has 2 aromatic heterocycles. The smallest absolute Gasteiger partial charge is 0.259 e. The fourth-order valence-electron chi connectivity index (χ4n) is 3.96. The van der Waals surface area contributed by atoms with Gasteiger partial charge in [0.05, 0.1) is 17.5 Å². The summed E-state index contributed by atoms with van der Waals surface area (Å²) in [5.74, 6) is 0.774. The van der Waals surface area contributed by atoms with Crippen LogP contribution in [-0.4, -0.2) is 44.3 Å². The average Bonchev–Trinajstić information content (AvgIpc) is 2.98. The number of fused-ring (bicyclic) bond motifs is 3. The first kappa shape index (κ1) is 16.2.